The van der Waals surface area contributed by atoms with E-state index in [2.05, 4.69) is 10.0 Å². The first-order valence-corrected chi connectivity index (χ1v) is 8.68. The summed E-state index contributed by atoms with van der Waals surface area (Å²) in [5, 5.41) is 11.7. The minimum absolute atomic E-state index is 0.0445. The number of carboxylic acids is 1. The fraction of sp³-hybridized carbons (Fsp3) is 0.467. The number of carbonyl (C=O) groups is 2. The van der Waals surface area contributed by atoms with Gasteiger partial charge in [0.1, 0.15) is 6.04 Å². The number of carboxylic acid groups (broad SMARTS) is 1. The average molecular weight is 342 g/mol. The van der Waals surface area contributed by atoms with Crippen molar-refractivity contribution in [3.05, 3.63) is 29.8 Å². The van der Waals surface area contributed by atoms with Crippen LogP contribution in [-0.4, -0.2) is 38.0 Å². The summed E-state index contributed by atoms with van der Waals surface area (Å²) < 4.78 is 26.5. The molecule has 1 atom stereocenters. The van der Waals surface area contributed by atoms with Crippen LogP contribution in [0.4, 0.5) is 0 Å². The Morgan fingerprint density at radius 3 is 2.22 bits per heavy atom. The van der Waals surface area contributed by atoms with Crippen molar-refractivity contribution < 1.29 is 23.1 Å². The van der Waals surface area contributed by atoms with Gasteiger partial charge in [0.25, 0.3) is 0 Å². The number of hydrogen-bond acceptors (Lipinski definition) is 4. The predicted octanol–water partition coefficient (Wildman–Crippen LogP) is 0.889. The van der Waals surface area contributed by atoms with Crippen LogP contribution in [0.25, 0.3) is 0 Å². The molecular formula is C15H22N2O5S. The number of hydrogen-bond donors (Lipinski definition) is 3. The lowest BCUT2D eigenvalue weighted by molar-refractivity contribution is -0.141. The largest absolute Gasteiger partial charge is 0.480 e. The van der Waals surface area contributed by atoms with E-state index in [1.54, 1.807) is 12.1 Å². The summed E-state index contributed by atoms with van der Waals surface area (Å²) in [5.74, 6) is -1.70. The third-order valence-corrected chi connectivity index (χ3v) is 4.51. The van der Waals surface area contributed by atoms with Gasteiger partial charge >= 0.3 is 5.97 Å². The van der Waals surface area contributed by atoms with Crippen LogP contribution in [0, 0.1) is 12.8 Å². The van der Waals surface area contributed by atoms with Crippen molar-refractivity contribution in [3.63, 3.8) is 0 Å². The second kappa shape index (κ2) is 8.07. The van der Waals surface area contributed by atoms with Crippen molar-refractivity contribution >= 4 is 21.9 Å². The first-order chi connectivity index (χ1) is 10.6. The van der Waals surface area contributed by atoms with E-state index in [1.165, 1.54) is 12.1 Å². The van der Waals surface area contributed by atoms with E-state index >= 15 is 0 Å². The molecule has 128 valence electrons. The quantitative estimate of drug-likeness (QED) is 0.649. The van der Waals surface area contributed by atoms with Crippen LogP contribution >= 0.6 is 0 Å². The maximum atomic E-state index is 12.2. The predicted molar refractivity (Wildman–Crippen MR) is 85.4 cm³/mol. The molecule has 0 aliphatic rings. The number of aryl methyl sites for hydroxylation is 1. The van der Waals surface area contributed by atoms with Crippen LogP contribution in [0.2, 0.25) is 0 Å². The number of amides is 1. The Labute approximate surface area is 136 Å². The lowest BCUT2D eigenvalue weighted by atomic mass is 10.2. The van der Waals surface area contributed by atoms with Crippen molar-refractivity contribution in [2.45, 2.75) is 38.1 Å². The van der Waals surface area contributed by atoms with Gasteiger partial charge in [0.05, 0.1) is 11.3 Å². The highest BCUT2D eigenvalue weighted by molar-refractivity contribution is 7.89. The van der Waals surface area contributed by atoms with Crippen LogP contribution in [0.5, 0.6) is 0 Å². The summed E-state index contributed by atoms with van der Waals surface area (Å²) in [6.07, 6.45) is -0.465. The highest BCUT2D eigenvalue weighted by Crippen LogP contribution is 2.11. The third kappa shape index (κ3) is 6.37. The summed E-state index contributed by atoms with van der Waals surface area (Å²) in [5.41, 5.74) is 0.881. The Kier molecular flexibility index (Phi) is 6.71. The fourth-order valence-electron chi connectivity index (χ4n) is 1.73. The molecule has 0 radical (unpaired) electrons. The minimum atomic E-state index is -4.01. The zero-order valence-corrected chi connectivity index (χ0v) is 14.2. The summed E-state index contributed by atoms with van der Waals surface area (Å²) in [7, 11) is -4.01. The van der Waals surface area contributed by atoms with Gasteiger partial charge in [0.2, 0.25) is 15.9 Å². The first-order valence-electron chi connectivity index (χ1n) is 7.20. The van der Waals surface area contributed by atoms with Crippen molar-refractivity contribution in [1.82, 2.24) is 10.0 Å². The molecule has 0 fully saturated rings. The Morgan fingerprint density at radius 1 is 1.17 bits per heavy atom. The number of carbonyl (C=O) groups excluding carboxylic acids is 1. The maximum absolute atomic E-state index is 12.2. The second-order valence-corrected chi connectivity index (χ2v) is 7.44. The molecule has 3 N–H and O–H groups in total. The molecule has 1 aromatic carbocycles. The van der Waals surface area contributed by atoms with Crippen LogP contribution in [-0.2, 0) is 19.6 Å². The van der Waals surface area contributed by atoms with Gasteiger partial charge in [0.15, 0.2) is 0 Å². The molecule has 1 rings (SSSR count). The Morgan fingerprint density at radius 2 is 1.74 bits per heavy atom. The smallest absolute Gasteiger partial charge is 0.322 e. The van der Waals surface area contributed by atoms with Crippen molar-refractivity contribution in [3.8, 4) is 0 Å². The molecule has 0 aromatic heterocycles. The van der Waals surface area contributed by atoms with E-state index in [0.29, 0.717) is 6.54 Å². The van der Waals surface area contributed by atoms with Crippen LogP contribution in [0.1, 0.15) is 25.8 Å². The van der Waals surface area contributed by atoms with Gasteiger partial charge in [-0.25, -0.2) is 8.42 Å². The number of rotatable bonds is 8. The summed E-state index contributed by atoms with van der Waals surface area (Å²) >= 11 is 0. The van der Waals surface area contributed by atoms with Gasteiger partial charge in [0, 0.05) is 6.54 Å². The standard InChI is InChI=1S/C15H22N2O5S/c1-10(2)9-16-14(18)8-13(15(19)20)17-23(21,22)12-6-4-11(3)5-7-12/h4-7,10,13,17H,8-9H2,1-3H3,(H,16,18)(H,19,20). The fourth-order valence-corrected chi connectivity index (χ4v) is 2.92. The third-order valence-electron chi connectivity index (χ3n) is 3.02. The number of sulfonamides is 1. The monoisotopic (exact) mass is 342 g/mol. The van der Waals surface area contributed by atoms with E-state index in [1.807, 2.05) is 20.8 Å². The zero-order chi connectivity index (χ0) is 17.6. The van der Waals surface area contributed by atoms with Gasteiger partial charge in [-0.2, -0.15) is 4.72 Å². The molecule has 1 unspecified atom stereocenters. The molecule has 0 saturated heterocycles. The van der Waals surface area contributed by atoms with Gasteiger partial charge in [-0.3, -0.25) is 9.59 Å². The highest BCUT2D eigenvalue weighted by Gasteiger charge is 2.27. The number of benzene rings is 1. The molecule has 23 heavy (non-hydrogen) atoms. The summed E-state index contributed by atoms with van der Waals surface area (Å²) in [4.78, 5) is 22.9. The van der Waals surface area contributed by atoms with E-state index in [9.17, 15) is 18.0 Å². The lowest BCUT2D eigenvalue weighted by Crippen LogP contribution is -2.44. The lowest BCUT2D eigenvalue weighted by Gasteiger charge is -2.15. The molecule has 7 nitrogen and oxygen atoms in total. The molecular weight excluding hydrogens is 320 g/mol. The molecule has 8 heteroatoms. The Hall–Kier alpha value is -1.93. The molecule has 0 aliphatic heterocycles. The molecule has 0 heterocycles. The molecule has 1 amide bonds. The first kappa shape index (κ1) is 19.1. The minimum Gasteiger partial charge on any atom is -0.480 e. The van der Waals surface area contributed by atoms with E-state index < -0.39 is 34.4 Å². The van der Waals surface area contributed by atoms with E-state index in [0.717, 1.165) is 5.56 Å². The molecule has 0 bridgehead atoms. The molecule has 0 saturated carbocycles. The van der Waals surface area contributed by atoms with Crippen LogP contribution < -0.4 is 10.0 Å². The van der Waals surface area contributed by atoms with Gasteiger partial charge < -0.3 is 10.4 Å². The number of aliphatic carboxylic acids is 1. The molecule has 1 aromatic rings. The topological polar surface area (TPSA) is 113 Å². The highest BCUT2D eigenvalue weighted by atomic mass is 32.2. The Balaban J connectivity index is 2.80. The number of nitrogens with one attached hydrogen (secondary N) is 2. The Bertz CT molecular complexity index is 653. The van der Waals surface area contributed by atoms with Crippen molar-refractivity contribution in [1.29, 1.82) is 0 Å². The summed E-state index contributed by atoms with van der Waals surface area (Å²) in [6, 6.07) is 4.47. The van der Waals surface area contributed by atoms with Crippen molar-refractivity contribution in [2.24, 2.45) is 5.92 Å². The molecule has 0 aliphatic carbocycles. The average Bonchev–Trinajstić information content (AvgIpc) is 2.44. The zero-order valence-electron chi connectivity index (χ0n) is 13.4. The SMILES string of the molecule is Cc1ccc(S(=O)(=O)NC(CC(=O)NCC(C)C)C(=O)O)cc1. The van der Waals surface area contributed by atoms with E-state index in [4.69, 9.17) is 5.11 Å². The van der Waals surface area contributed by atoms with Crippen LogP contribution in [0.3, 0.4) is 0 Å². The van der Waals surface area contributed by atoms with Gasteiger partial charge in [-0.1, -0.05) is 31.5 Å². The maximum Gasteiger partial charge on any atom is 0.322 e. The van der Waals surface area contributed by atoms with Crippen molar-refractivity contribution in [2.75, 3.05) is 6.54 Å². The molecule has 0 spiro atoms. The normalized spacial score (nSPS) is 12.9. The van der Waals surface area contributed by atoms with E-state index in [-0.39, 0.29) is 10.8 Å². The second-order valence-electron chi connectivity index (χ2n) is 5.73. The van der Waals surface area contributed by atoms with Gasteiger partial charge in [-0.05, 0) is 25.0 Å². The summed E-state index contributed by atoms with van der Waals surface area (Å²) in [6.45, 7) is 6.00. The van der Waals surface area contributed by atoms with Gasteiger partial charge in [-0.15, -0.1) is 0 Å². The van der Waals surface area contributed by atoms with Crippen LogP contribution in [0.15, 0.2) is 29.2 Å².